The molecule has 1 aromatic heterocycles. The molecule has 1 saturated carbocycles. The molecule has 1 aliphatic carbocycles. The summed E-state index contributed by atoms with van der Waals surface area (Å²) >= 11 is 0. The van der Waals surface area contributed by atoms with Gasteiger partial charge in [0, 0.05) is 19.3 Å². The van der Waals surface area contributed by atoms with Crippen LogP contribution in [0.3, 0.4) is 0 Å². The van der Waals surface area contributed by atoms with Gasteiger partial charge in [-0.1, -0.05) is 19.8 Å². The van der Waals surface area contributed by atoms with Crippen molar-refractivity contribution in [2.45, 2.75) is 52.4 Å². The summed E-state index contributed by atoms with van der Waals surface area (Å²) in [5.74, 6) is 0. The van der Waals surface area contributed by atoms with E-state index in [0.717, 1.165) is 12.2 Å². The Morgan fingerprint density at radius 2 is 2.11 bits per heavy atom. The molecule has 1 heterocycles. The third-order valence-electron chi connectivity index (χ3n) is 4.25. The maximum Gasteiger partial charge on any atom is 0.0596 e. The Balaban J connectivity index is 2.03. The Labute approximate surface area is 111 Å². The summed E-state index contributed by atoms with van der Waals surface area (Å²) in [7, 11) is 2.07. The number of aromatic nitrogens is 2. The second kappa shape index (κ2) is 5.87. The van der Waals surface area contributed by atoms with Crippen LogP contribution >= 0.6 is 0 Å². The minimum absolute atomic E-state index is 0.482. The molecule has 1 aliphatic rings. The monoisotopic (exact) mass is 249 g/mol. The van der Waals surface area contributed by atoms with Gasteiger partial charge < -0.3 is 5.32 Å². The van der Waals surface area contributed by atoms with E-state index >= 15 is 0 Å². The molecule has 3 nitrogen and oxygen atoms in total. The van der Waals surface area contributed by atoms with Crippen LogP contribution in [-0.2, 0) is 13.5 Å². The van der Waals surface area contributed by atoms with Crippen LogP contribution < -0.4 is 5.32 Å². The number of hydrogen-bond donors (Lipinski definition) is 1. The molecular formula is C15H27N3. The molecule has 0 amide bonds. The Hall–Kier alpha value is -0.830. The fraction of sp³-hybridized carbons (Fsp3) is 0.800. The fourth-order valence-electron chi connectivity index (χ4n) is 3.29. The topological polar surface area (TPSA) is 29.9 Å². The van der Waals surface area contributed by atoms with Crippen molar-refractivity contribution < 1.29 is 0 Å². The predicted molar refractivity (Wildman–Crippen MR) is 75.7 cm³/mol. The Bertz CT molecular complexity index is 375. The van der Waals surface area contributed by atoms with Gasteiger partial charge in [0.1, 0.15) is 0 Å². The van der Waals surface area contributed by atoms with Crippen LogP contribution in [0.4, 0.5) is 0 Å². The molecule has 0 saturated heterocycles. The van der Waals surface area contributed by atoms with E-state index in [1.807, 2.05) is 0 Å². The lowest BCUT2D eigenvalue weighted by Crippen LogP contribution is -2.34. The Morgan fingerprint density at radius 3 is 2.67 bits per heavy atom. The molecule has 0 spiro atoms. The lowest BCUT2D eigenvalue weighted by Gasteiger charge is -2.29. The van der Waals surface area contributed by atoms with Gasteiger partial charge in [-0.2, -0.15) is 5.10 Å². The summed E-state index contributed by atoms with van der Waals surface area (Å²) in [6.45, 7) is 6.64. The van der Waals surface area contributed by atoms with Crippen LogP contribution in [0.1, 0.15) is 50.4 Å². The molecule has 102 valence electrons. The standard InChI is InChI=1S/C15H27N3/c1-4-9-16-12-15(7-5-6-8-15)11-14-10-13(2)17-18(14)3/h10,16H,4-9,11-12H2,1-3H3. The molecular weight excluding hydrogens is 222 g/mol. The average Bonchev–Trinajstić information content (AvgIpc) is 2.88. The maximum atomic E-state index is 4.48. The smallest absolute Gasteiger partial charge is 0.0596 e. The first-order valence-electron chi connectivity index (χ1n) is 7.35. The second-order valence-electron chi connectivity index (χ2n) is 5.96. The lowest BCUT2D eigenvalue weighted by atomic mass is 9.81. The predicted octanol–water partition coefficient (Wildman–Crippen LogP) is 2.83. The molecule has 3 heteroatoms. The van der Waals surface area contributed by atoms with Crippen LogP contribution in [0.2, 0.25) is 0 Å². The highest BCUT2D eigenvalue weighted by Crippen LogP contribution is 2.40. The van der Waals surface area contributed by atoms with Crippen molar-refractivity contribution in [3.8, 4) is 0 Å². The molecule has 0 atom stereocenters. The first kappa shape index (κ1) is 13.6. The highest BCUT2D eigenvalue weighted by molar-refractivity contribution is 5.12. The zero-order chi connectivity index (χ0) is 13.0. The van der Waals surface area contributed by atoms with Crippen molar-refractivity contribution in [1.82, 2.24) is 15.1 Å². The van der Waals surface area contributed by atoms with Gasteiger partial charge in [0.2, 0.25) is 0 Å². The molecule has 0 unspecified atom stereocenters. The molecule has 18 heavy (non-hydrogen) atoms. The zero-order valence-electron chi connectivity index (χ0n) is 12.1. The quantitative estimate of drug-likeness (QED) is 0.786. The third kappa shape index (κ3) is 3.14. The molecule has 1 fully saturated rings. The van der Waals surface area contributed by atoms with Crippen molar-refractivity contribution >= 4 is 0 Å². The Kier molecular flexibility index (Phi) is 4.44. The van der Waals surface area contributed by atoms with Crippen LogP contribution in [0.5, 0.6) is 0 Å². The van der Waals surface area contributed by atoms with Crippen LogP contribution in [-0.4, -0.2) is 22.9 Å². The molecule has 0 radical (unpaired) electrons. The van der Waals surface area contributed by atoms with Gasteiger partial charge in [-0.05, 0) is 50.6 Å². The molecule has 1 aromatic rings. The highest BCUT2D eigenvalue weighted by Gasteiger charge is 2.34. The van der Waals surface area contributed by atoms with E-state index in [9.17, 15) is 0 Å². The number of aryl methyl sites for hydroxylation is 2. The summed E-state index contributed by atoms with van der Waals surface area (Å²) in [5.41, 5.74) is 3.02. The summed E-state index contributed by atoms with van der Waals surface area (Å²) in [6, 6.07) is 2.25. The number of nitrogens with one attached hydrogen (secondary N) is 1. The first-order chi connectivity index (χ1) is 8.65. The van der Waals surface area contributed by atoms with Crippen LogP contribution in [0.25, 0.3) is 0 Å². The number of hydrogen-bond acceptors (Lipinski definition) is 2. The zero-order valence-corrected chi connectivity index (χ0v) is 12.1. The Morgan fingerprint density at radius 1 is 1.39 bits per heavy atom. The first-order valence-corrected chi connectivity index (χ1v) is 7.35. The van der Waals surface area contributed by atoms with Crippen molar-refractivity contribution in [2.24, 2.45) is 12.5 Å². The minimum atomic E-state index is 0.482. The van der Waals surface area contributed by atoms with Crippen molar-refractivity contribution in [2.75, 3.05) is 13.1 Å². The average molecular weight is 249 g/mol. The van der Waals surface area contributed by atoms with Crippen molar-refractivity contribution in [3.05, 3.63) is 17.5 Å². The van der Waals surface area contributed by atoms with E-state index in [-0.39, 0.29) is 0 Å². The SMILES string of the molecule is CCCNCC1(Cc2cc(C)nn2C)CCCC1. The van der Waals surface area contributed by atoms with Gasteiger partial charge in [0.05, 0.1) is 5.69 Å². The van der Waals surface area contributed by atoms with Gasteiger partial charge in [-0.15, -0.1) is 0 Å². The molecule has 0 bridgehead atoms. The molecule has 1 N–H and O–H groups in total. The van der Waals surface area contributed by atoms with E-state index in [0.29, 0.717) is 5.41 Å². The van der Waals surface area contributed by atoms with Gasteiger partial charge in [0.25, 0.3) is 0 Å². The maximum absolute atomic E-state index is 4.48. The third-order valence-corrected chi connectivity index (χ3v) is 4.25. The van der Waals surface area contributed by atoms with Crippen molar-refractivity contribution in [3.63, 3.8) is 0 Å². The summed E-state index contributed by atoms with van der Waals surface area (Å²) in [4.78, 5) is 0. The normalized spacial score (nSPS) is 18.4. The summed E-state index contributed by atoms with van der Waals surface area (Å²) in [5, 5.41) is 8.11. The largest absolute Gasteiger partial charge is 0.316 e. The van der Waals surface area contributed by atoms with Gasteiger partial charge in [0.15, 0.2) is 0 Å². The van der Waals surface area contributed by atoms with E-state index < -0.39 is 0 Å². The summed E-state index contributed by atoms with van der Waals surface area (Å²) < 4.78 is 2.06. The van der Waals surface area contributed by atoms with Crippen LogP contribution in [0.15, 0.2) is 6.07 Å². The highest BCUT2D eigenvalue weighted by atomic mass is 15.3. The van der Waals surface area contributed by atoms with E-state index in [1.165, 1.54) is 50.8 Å². The number of nitrogens with zero attached hydrogens (tertiary/aromatic N) is 2. The van der Waals surface area contributed by atoms with Gasteiger partial charge in [-0.25, -0.2) is 0 Å². The molecule has 2 rings (SSSR count). The van der Waals surface area contributed by atoms with Crippen molar-refractivity contribution in [1.29, 1.82) is 0 Å². The minimum Gasteiger partial charge on any atom is -0.316 e. The van der Waals surface area contributed by atoms with E-state index in [1.54, 1.807) is 0 Å². The van der Waals surface area contributed by atoms with Gasteiger partial charge >= 0.3 is 0 Å². The van der Waals surface area contributed by atoms with Gasteiger partial charge in [-0.3, -0.25) is 4.68 Å². The van der Waals surface area contributed by atoms with E-state index in [4.69, 9.17) is 0 Å². The molecule has 0 aliphatic heterocycles. The van der Waals surface area contributed by atoms with Crippen LogP contribution in [0, 0.1) is 12.3 Å². The van der Waals surface area contributed by atoms with E-state index in [2.05, 4.69) is 42.1 Å². The number of rotatable bonds is 6. The molecule has 0 aromatic carbocycles. The fourth-order valence-corrected chi connectivity index (χ4v) is 3.29. The lowest BCUT2D eigenvalue weighted by molar-refractivity contribution is 0.272. The summed E-state index contributed by atoms with van der Waals surface area (Å²) in [6.07, 6.45) is 7.93. The second-order valence-corrected chi connectivity index (χ2v) is 5.96.